The number of nitrogens with zero attached hydrogens (tertiary/aromatic N) is 1. The molecule has 0 aromatic rings. The highest BCUT2D eigenvalue weighted by atomic mass is 16.5. The van der Waals surface area contributed by atoms with Gasteiger partial charge in [-0.2, -0.15) is 0 Å². The molecule has 1 aliphatic rings. The molecule has 0 atom stereocenters. The Balaban J connectivity index is 2.25. The molecule has 0 aromatic heterocycles. The van der Waals surface area contributed by atoms with Crippen molar-refractivity contribution in [3.63, 3.8) is 0 Å². The zero-order valence-corrected chi connectivity index (χ0v) is 13.0. The Labute approximate surface area is 122 Å². The molecule has 0 unspecified atom stereocenters. The number of aliphatic imine (C=N–C) groups is 1. The van der Waals surface area contributed by atoms with Gasteiger partial charge in [0.1, 0.15) is 0 Å². The maximum absolute atomic E-state index is 5.69. The monoisotopic (exact) mass is 287 g/mol. The Morgan fingerprint density at radius 3 is 2.65 bits per heavy atom. The minimum absolute atomic E-state index is 0.138. The third-order valence-electron chi connectivity index (χ3n) is 3.60. The zero-order chi connectivity index (χ0) is 14.7. The number of hydrogen-bond donors (Lipinski definition) is 2. The molecule has 0 saturated carbocycles. The number of nitrogens with one attached hydrogen (secondary N) is 2. The maximum Gasteiger partial charge on any atom is 0.191 e. The van der Waals surface area contributed by atoms with Gasteiger partial charge in [-0.25, -0.2) is 0 Å². The smallest absolute Gasteiger partial charge is 0.191 e. The first-order chi connectivity index (χ1) is 9.76. The van der Waals surface area contributed by atoms with Gasteiger partial charge in [-0.15, -0.1) is 0 Å². The van der Waals surface area contributed by atoms with E-state index in [1.165, 1.54) is 0 Å². The van der Waals surface area contributed by atoms with Gasteiger partial charge in [-0.05, 0) is 13.3 Å². The molecule has 2 N–H and O–H groups in total. The summed E-state index contributed by atoms with van der Waals surface area (Å²) in [6, 6.07) is 0. The van der Waals surface area contributed by atoms with Crippen molar-refractivity contribution in [2.24, 2.45) is 4.99 Å². The van der Waals surface area contributed by atoms with E-state index in [1.54, 1.807) is 14.2 Å². The molecule has 0 radical (unpaired) electrons. The fraction of sp³-hybridized carbons (Fsp3) is 0.929. The summed E-state index contributed by atoms with van der Waals surface area (Å²) < 4.78 is 16.4. The van der Waals surface area contributed by atoms with Crippen molar-refractivity contribution in [1.29, 1.82) is 0 Å². The van der Waals surface area contributed by atoms with Crippen LogP contribution < -0.4 is 10.6 Å². The number of rotatable bonds is 8. The first kappa shape index (κ1) is 17.2. The Bertz CT molecular complexity index is 279. The summed E-state index contributed by atoms with van der Waals surface area (Å²) in [7, 11) is 3.55. The maximum atomic E-state index is 5.69. The van der Waals surface area contributed by atoms with E-state index in [2.05, 4.69) is 15.6 Å². The van der Waals surface area contributed by atoms with Crippen molar-refractivity contribution in [3.05, 3.63) is 0 Å². The van der Waals surface area contributed by atoms with Gasteiger partial charge in [-0.1, -0.05) is 0 Å². The highest BCUT2D eigenvalue weighted by Gasteiger charge is 2.32. The van der Waals surface area contributed by atoms with Gasteiger partial charge in [0.05, 0.1) is 5.60 Å². The molecule has 0 amide bonds. The summed E-state index contributed by atoms with van der Waals surface area (Å²) in [6.07, 6.45) is 2.80. The summed E-state index contributed by atoms with van der Waals surface area (Å²) in [4.78, 5) is 4.22. The lowest BCUT2D eigenvalue weighted by atomic mass is 9.94. The quantitative estimate of drug-likeness (QED) is 0.392. The van der Waals surface area contributed by atoms with Crippen LogP contribution in [0.3, 0.4) is 0 Å². The van der Waals surface area contributed by atoms with E-state index in [0.717, 1.165) is 64.7 Å². The highest BCUT2D eigenvalue weighted by molar-refractivity contribution is 5.79. The van der Waals surface area contributed by atoms with Gasteiger partial charge in [0.15, 0.2) is 5.96 Å². The predicted octanol–water partition coefficient (Wildman–Crippen LogP) is 0.774. The Morgan fingerprint density at radius 1 is 1.30 bits per heavy atom. The van der Waals surface area contributed by atoms with E-state index in [-0.39, 0.29) is 5.60 Å². The molecule has 0 bridgehead atoms. The molecule has 0 spiro atoms. The van der Waals surface area contributed by atoms with E-state index in [0.29, 0.717) is 0 Å². The average Bonchev–Trinajstić information content (AvgIpc) is 2.51. The molecule has 0 aromatic carbocycles. The zero-order valence-electron chi connectivity index (χ0n) is 13.0. The lowest BCUT2D eigenvalue weighted by Gasteiger charge is -2.36. The fourth-order valence-electron chi connectivity index (χ4n) is 2.19. The molecule has 0 aliphatic carbocycles. The van der Waals surface area contributed by atoms with Crippen LogP contribution in [-0.4, -0.2) is 65.2 Å². The van der Waals surface area contributed by atoms with Crippen molar-refractivity contribution in [2.45, 2.75) is 31.8 Å². The van der Waals surface area contributed by atoms with Crippen LogP contribution in [0.1, 0.15) is 26.2 Å². The van der Waals surface area contributed by atoms with Crippen molar-refractivity contribution >= 4 is 5.96 Å². The summed E-state index contributed by atoms with van der Waals surface area (Å²) in [5.74, 6) is 0.810. The molecule has 1 aliphatic heterocycles. The van der Waals surface area contributed by atoms with Crippen LogP contribution in [0.15, 0.2) is 4.99 Å². The molecule has 1 fully saturated rings. The lowest BCUT2D eigenvalue weighted by Crippen LogP contribution is -2.50. The second kappa shape index (κ2) is 9.96. The van der Waals surface area contributed by atoms with Crippen molar-refractivity contribution in [1.82, 2.24) is 10.6 Å². The normalized spacial score (nSPS) is 18.9. The SMILES string of the molecule is CCOCCCNC(=NC)NCC1(OC)CCOCC1. The molecular formula is C14H29N3O3. The van der Waals surface area contributed by atoms with Crippen LogP contribution in [0, 0.1) is 0 Å². The molecule has 20 heavy (non-hydrogen) atoms. The number of ether oxygens (including phenoxy) is 3. The third kappa shape index (κ3) is 6.07. The van der Waals surface area contributed by atoms with Gasteiger partial charge >= 0.3 is 0 Å². The second-order valence-electron chi connectivity index (χ2n) is 4.90. The summed E-state index contributed by atoms with van der Waals surface area (Å²) in [5.41, 5.74) is -0.138. The Morgan fingerprint density at radius 2 is 2.05 bits per heavy atom. The van der Waals surface area contributed by atoms with E-state index in [9.17, 15) is 0 Å². The Kier molecular flexibility index (Phi) is 8.57. The largest absolute Gasteiger partial charge is 0.382 e. The van der Waals surface area contributed by atoms with Crippen LogP contribution in [-0.2, 0) is 14.2 Å². The summed E-state index contributed by atoms with van der Waals surface area (Å²) in [5, 5.41) is 6.62. The molecule has 1 saturated heterocycles. The molecular weight excluding hydrogens is 258 g/mol. The molecule has 1 rings (SSSR count). The topological polar surface area (TPSA) is 64.1 Å². The van der Waals surface area contributed by atoms with Gasteiger partial charge in [0, 0.05) is 66.5 Å². The van der Waals surface area contributed by atoms with Crippen LogP contribution in [0.2, 0.25) is 0 Å². The van der Waals surface area contributed by atoms with Gasteiger partial charge in [0.2, 0.25) is 0 Å². The van der Waals surface area contributed by atoms with E-state index in [4.69, 9.17) is 14.2 Å². The summed E-state index contributed by atoms with van der Waals surface area (Å²) in [6.45, 7) is 6.67. The Hall–Kier alpha value is -0.850. The lowest BCUT2D eigenvalue weighted by molar-refractivity contribution is -0.0855. The third-order valence-corrected chi connectivity index (χ3v) is 3.60. The highest BCUT2D eigenvalue weighted by Crippen LogP contribution is 2.23. The van der Waals surface area contributed by atoms with Gasteiger partial charge < -0.3 is 24.8 Å². The minimum Gasteiger partial charge on any atom is -0.382 e. The van der Waals surface area contributed by atoms with Crippen molar-refractivity contribution in [2.75, 3.05) is 53.7 Å². The van der Waals surface area contributed by atoms with Crippen LogP contribution in [0.4, 0.5) is 0 Å². The first-order valence-corrected chi connectivity index (χ1v) is 7.41. The first-order valence-electron chi connectivity index (χ1n) is 7.41. The number of hydrogen-bond acceptors (Lipinski definition) is 4. The van der Waals surface area contributed by atoms with Crippen LogP contribution >= 0.6 is 0 Å². The number of guanidine groups is 1. The molecule has 1 heterocycles. The van der Waals surface area contributed by atoms with Crippen LogP contribution in [0.5, 0.6) is 0 Å². The van der Waals surface area contributed by atoms with Gasteiger partial charge in [0.25, 0.3) is 0 Å². The second-order valence-corrected chi connectivity index (χ2v) is 4.90. The van der Waals surface area contributed by atoms with Gasteiger partial charge in [-0.3, -0.25) is 4.99 Å². The number of methoxy groups -OCH3 is 1. The minimum atomic E-state index is -0.138. The fourth-order valence-corrected chi connectivity index (χ4v) is 2.19. The molecule has 6 nitrogen and oxygen atoms in total. The predicted molar refractivity (Wildman–Crippen MR) is 80.3 cm³/mol. The van der Waals surface area contributed by atoms with E-state index < -0.39 is 0 Å². The van der Waals surface area contributed by atoms with E-state index in [1.807, 2.05) is 6.92 Å². The van der Waals surface area contributed by atoms with Crippen molar-refractivity contribution in [3.8, 4) is 0 Å². The summed E-state index contributed by atoms with van der Waals surface area (Å²) >= 11 is 0. The molecule has 118 valence electrons. The standard InChI is InChI=1S/C14H29N3O3/c1-4-19-9-5-8-16-13(15-2)17-12-14(18-3)6-10-20-11-7-14/h4-12H2,1-3H3,(H2,15,16,17). The van der Waals surface area contributed by atoms with Crippen molar-refractivity contribution < 1.29 is 14.2 Å². The van der Waals surface area contributed by atoms with E-state index >= 15 is 0 Å². The average molecular weight is 287 g/mol. The molecule has 6 heteroatoms. The van der Waals surface area contributed by atoms with Crippen LogP contribution in [0.25, 0.3) is 0 Å².